The van der Waals surface area contributed by atoms with Gasteiger partial charge in [-0.3, -0.25) is 11.3 Å². The van der Waals surface area contributed by atoms with Gasteiger partial charge in [0.2, 0.25) is 0 Å². The van der Waals surface area contributed by atoms with Gasteiger partial charge in [0.25, 0.3) is 0 Å². The Bertz CT molecular complexity index is 264. The summed E-state index contributed by atoms with van der Waals surface area (Å²) in [6.07, 6.45) is 2.73. The quantitative estimate of drug-likeness (QED) is 0.568. The molecule has 0 bridgehead atoms. The van der Waals surface area contributed by atoms with E-state index in [1.165, 1.54) is 0 Å². The molecule has 86 valence electrons. The lowest BCUT2D eigenvalue weighted by molar-refractivity contribution is 0.0332. The van der Waals surface area contributed by atoms with Crippen molar-refractivity contribution < 1.29 is 4.74 Å². The van der Waals surface area contributed by atoms with Crippen LogP contribution in [0.3, 0.4) is 0 Å². The van der Waals surface area contributed by atoms with E-state index in [2.05, 4.69) is 24.3 Å². The number of nitrogens with two attached hydrogens (primary N) is 1. The number of hydrogen-bond acceptors (Lipinski definition) is 5. The zero-order valence-corrected chi connectivity index (χ0v) is 10.3. The highest BCUT2D eigenvalue weighted by molar-refractivity contribution is 7.09. The molecule has 0 aliphatic rings. The summed E-state index contributed by atoms with van der Waals surface area (Å²) in [5, 5.41) is 3.06. The second-order valence-corrected chi connectivity index (χ2v) is 4.83. The van der Waals surface area contributed by atoms with Crippen molar-refractivity contribution in [1.82, 2.24) is 10.4 Å². The van der Waals surface area contributed by atoms with Crippen molar-refractivity contribution in [2.24, 2.45) is 11.8 Å². The fourth-order valence-electron chi connectivity index (χ4n) is 1.71. The molecular weight excluding hydrogens is 210 g/mol. The maximum Gasteiger partial charge on any atom is 0.0941 e. The average Bonchev–Trinajstić information content (AvgIpc) is 2.69. The van der Waals surface area contributed by atoms with Crippen LogP contribution in [0.4, 0.5) is 0 Å². The molecule has 1 aromatic rings. The number of nitrogens with zero attached hydrogens (tertiary/aromatic N) is 1. The summed E-state index contributed by atoms with van der Waals surface area (Å²) in [5.74, 6) is 5.98. The zero-order chi connectivity index (χ0) is 11.3. The van der Waals surface area contributed by atoms with Crippen LogP contribution >= 0.6 is 11.3 Å². The molecule has 2 unspecified atom stereocenters. The van der Waals surface area contributed by atoms with Crippen molar-refractivity contribution in [2.45, 2.75) is 32.4 Å². The highest BCUT2D eigenvalue weighted by Gasteiger charge is 2.24. The van der Waals surface area contributed by atoms with E-state index in [9.17, 15) is 0 Å². The molecule has 2 atom stereocenters. The van der Waals surface area contributed by atoms with Crippen LogP contribution in [0.25, 0.3) is 0 Å². The molecule has 0 aliphatic heterocycles. The molecule has 3 N–H and O–H groups in total. The summed E-state index contributed by atoms with van der Waals surface area (Å²) in [4.78, 5) is 4.25. The third-order valence-corrected chi connectivity index (χ3v) is 3.22. The number of rotatable bonds is 6. The molecule has 4 nitrogen and oxygen atoms in total. The van der Waals surface area contributed by atoms with Crippen LogP contribution < -0.4 is 11.3 Å². The molecule has 0 radical (unpaired) electrons. The lowest BCUT2D eigenvalue weighted by Gasteiger charge is -2.27. The van der Waals surface area contributed by atoms with Crippen LogP contribution in [-0.4, -0.2) is 24.2 Å². The summed E-state index contributed by atoms with van der Waals surface area (Å²) in [7, 11) is 1.72. The molecule has 0 amide bonds. The van der Waals surface area contributed by atoms with Crippen LogP contribution in [0.15, 0.2) is 11.6 Å². The van der Waals surface area contributed by atoms with Gasteiger partial charge >= 0.3 is 0 Å². The molecular formula is C10H19N3OS. The van der Waals surface area contributed by atoms with Crippen molar-refractivity contribution in [1.29, 1.82) is 0 Å². The number of hydrogen-bond donors (Lipinski definition) is 2. The van der Waals surface area contributed by atoms with Crippen LogP contribution in [0, 0.1) is 5.92 Å². The second-order valence-electron chi connectivity index (χ2n) is 3.85. The van der Waals surface area contributed by atoms with Gasteiger partial charge in [-0.05, 0) is 5.92 Å². The minimum atomic E-state index is 0.110. The van der Waals surface area contributed by atoms with Crippen molar-refractivity contribution in [3.8, 4) is 0 Å². The fraction of sp³-hybridized carbons (Fsp3) is 0.700. The summed E-state index contributed by atoms with van der Waals surface area (Å²) in [6, 6.07) is 0.112. The summed E-state index contributed by atoms with van der Waals surface area (Å²) in [6.45, 7) is 4.25. The number of hydrazine groups is 1. The highest BCUT2D eigenvalue weighted by atomic mass is 32.1. The number of aromatic nitrogens is 1. The van der Waals surface area contributed by atoms with Gasteiger partial charge in [-0.15, -0.1) is 11.3 Å². The predicted octanol–water partition coefficient (Wildman–Crippen LogP) is 1.19. The van der Waals surface area contributed by atoms with Crippen molar-refractivity contribution in [2.75, 3.05) is 7.11 Å². The first kappa shape index (κ1) is 12.6. The number of methoxy groups -OCH3 is 1. The monoisotopic (exact) mass is 229 g/mol. The molecule has 0 saturated heterocycles. The maximum atomic E-state index is 5.55. The first-order valence-corrected chi connectivity index (χ1v) is 5.94. The largest absolute Gasteiger partial charge is 0.380 e. The molecule has 0 fully saturated rings. The molecule has 0 spiro atoms. The molecule has 1 heterocycles. The number of ether oxygens (including phenoxy) is 1. The second kappa shape index (κ2) is 6.17. The first-order chi connectivity index (χ1) is 7.19. The molecule has 0 saturated carbocycles. The van der Waals surface area contributed by atoms with Gasteiger partial charge < -0.3 is 4.74 Å². The Morgan fingerprint density at radius 2 is 2.33 bits per heavy atom. The molecule has 0 aliphatic carbocycles. The molecule has 1 aromatic heterocycles. The van der Waals surface area contributed by atoms with Gasteiger partial charge in [-0.1, -0.05) is 13.8 Å². The zero-order valence-electron chi connectivity index (χ0n) is 9.43. The molecule has 0 aromatic carbocycles. The summed E-state index contributed by atoms with van der Waals surface area (Å²) >= 11 is 1.64. The van der Waals surface area contributed by atoms with E-state index in [0.29, 0.717) is 5.92 Å². The van der Waals surface area contributed by atoms with Gasteiger partial charge in [0.05, 0.1) is 17.2 Å². The Labute approximate surface area is 94.8 Å². The van der Waals surface area contributed by atoms with E-state index in [4.69, 9.17) is 10.6 Å². The summed E-state index contributed by atoms with van der Waals surface area (Å²) in [5.41, 5.74) is 2.81. The van der Waals surface area contributed by atoms with Crippen molar-refractivity contribution in [3.63, 3.8) is 0 Å². The van der Waals surface area contributed by atoms with Crippen LogP contribution in [0.2, 0.25) is 0 Å². The van der Waals surface area contributed by atoms with Crippen molar-refractivity contribution >= 4 is 11.3 Å². The van der Waals surface area contributed by atoms with Gasteiger partial charge in [0.1, 0.15) is 0 Å². The van der Waals surface area contributed by atoms with E-state index in [1.807, 2.05) is 11.6 Å². The Morgan fingerprint density at radius 1 is 1.60 bits per heavy atom. The van der Waals surface area contributed by atoms with Gasteiger partial charge in [-0.25, -0.2) is 4.98 Å². The third kappa shape index (κ3) is 3.53. The lowest BCUT2D eigenvalue weighted by Crippen LogP contribution is -2.48. The summed E-state index contributed by atoms with van der Waals surface area (Å²) < 4.78 is 5.45. The topological polar surface area (TPSA) is 60.2 Å². The van der Waals surface area contributed by atoms with E-state index in [1.54, 1.807) is 18.4 Å². The minimum absolute atomic E-state index is 0.110. The average molecular weight is 229 g/mol. The van der Waals surface area contributed by atoms with E-state index >= 15 is 0 Å². The smallest absolute Gasteiger partial charge is 0.0941 e. The normalized spacial score (nSPS) is 15.5. The Kier molecular flexibility index (Phi) is 5.17. The van der Waals surface area contributed by atoms with E-state index in [-0.39, 0.29) is 12.1 Å². The van der Waals surface area contributed by atoms with Crippen molar-refractivity contribution in [3.05, 3.63) is 16.6 Å². The Balaban J connectivity index is 2.61. The van der Waals surface area contributed by atoms with Crippen LogP contribution in [-0.2, 0) is 11.2 Å². The standard InChI is InChI=1S/C10H19N3OS/c1-7(2)10(14-3)8(13-11)6-9-12-4-5-15-9/h4-5,7-8,10,13H,6,11H2,1-3H3. The predicted molar refractivity (Wildman–Crippen MR) is 62.6 cm³/mol. The Hall–Kier alpha value is -0.490. The SMILES string of the molecule is COC(C(C)C)C(Cc1nccs1)NN. The third-order valence-electron chi connectivity index (χ3n) is 2.42. The number of nitrogens with one attached hydrogen (secondary N) is 1. The van der Waals surface area contributed by atoms with E-state index in [0.717, 1.165) is 11.4 Å². The maximum absolute atomic E-state index is 5.55. The number of thiazole rings is 1. The lowest BCUT2D eigenvalue weighted by atomic mass is 9.98. The van der Waals surface area contributed by atoms with Crippen LogP contribution in [0.1, 0.15) is 18.9 Å². The fourth-order valence-corrected chi connectivity index (χ4v) is 2.39. The highest BCUT2D eigenvalue weighted by Crippen LogP contribution is 2.15. The van der Waals surface area contributed by atoms with E-state index < -0.39 is 0 Å². The van der Waals surface area contributed by atoms with Gasteiger partial charge in [-0.2, -0.15) is 0 Å². The first-order valence-electron chi connectivity index (χ1n) is 5.06. The molecule has 5 heteroatoms. The molecule has 15 heavy (non-hydrogen) atoms. The minimum Gasteiger partial charge on any atom is -0.380 e. The molecule has 1 rings (SSSR count). The van der Waals surface area contributed by atoms with Crippen LogP contribution in [0.5, 0.6) is 0 Å². The Morgan fingerprint density at radius 3 is 2.73 bits per heavy atom. The van der Waals surface area contributed by atoms with Gasteiger partial charge in [0, 0.05) is 25.1 Å². The van der Waals surface area contributed by atoms with Gasteiger partial charge in [0.15, 0.2) is 0 Å².